The Hall–Kier alpha value is -2.81. The largest absolute Gasteiger partial charge is 0.497 e. The van der Waals surface area contributed by atoms with Crippen LogP contribution in [0.25, 0.3) is 0 Å². The van der Waals surface area contributed by atoms with Gasteiger partial charge in [-0.05, 0) is 47.5 Å². The molecular weight excluding hydrogens is 425 g/mol. The van der Waals surface area contributed by atoms with Crippen molar-refractivity contribution in [3.05, 3.63) is 65.5 Å². The minimum absolute atomic E-state index is 0.0722. The molecule has 2 aromatic carbocycles. The van der Waals surface area contributed by atoms with Crippen molar-refractivity contribution in [1.82, 2.24) is 9.91 Å². The number of methoxy groups -OCH3 is 1. The number of carbonyl (C=O) groups is 1. The van der Waals surface area contributed by atoms with Crippen LogP contribution in [-0.2, 0) is 14.3 Å². The van der Waals surface area contributed by atoms with Crippen molar-refractivity contribution in [2.24, 2.45) is 5.10 Å². The smallest absolute Gasteiger partial charge is 0.257 e. The third kappa shape index (κ3) is 4.64. The number of hydrogen-bond donors (Lipinski definition) is 0. The summed E-state index contributed by atoms with van der Waals surface area (Å²) in [6.07, 6.45) is 2.07. The van der Waals surface area contributed by atoms with E-state index in [4.69, 9.17) is 19.3 Å². The number of ether oxygens (including phenoxy) is 3. The molecule has 3 aliphatic rings. The van der Waals surface area contributed by atoms with E-state index in [1.165, 1.54) is 12.1 Å². The average Bonchev–Trinajstić information content (AvgIpc) is 3.49. The van der Waals surface area contributed by atoms with Crippen molar-refractivity contribution in [3.8, 4) is 5.75 Å². The Balaban J connectivity index is 1.33. The average molecular weight is 454 g/mol. The summed E-state index contributed by atoms with van der Waals surface area (Å²) in [5, 5.41) is 6.29. The first kappa shape index (κ1) is 22.0. The monoisotopic (exact) mass is 453 g/mol. The van der Waals surface area contributed by atoms with E-state index in [0.29, 0.717) is 19.6 Å². The zero-order valence-corrected chi connectivity index (χ0v) is 18.7. The fourth-order valence-electron chi connectivity index (χ4n) is 4.74. The Labute approximate surface area is 192 Å². The molecule has 1 atom stereocenters. The van der Waals surface area contributed by atoms with Gasteiger partial charge in [0.15, 0.2) is 5.79 Å². The van der Waals surface area contributed by atoms with Crippen LogP contribution in [0.4, 0.5) is 4.39 Å². The second-order valence-electron chi connectivity index (χ2n) is 8.67. The lowest BCUT2D eigenvalue weighted by Crippen LogP contribution is -2.48. The molecule has 33 heavy (non-hydrogen) atoms. The zero-order valence-electron chi connectivity index (χ0n) is 18.7. The van der Waals surface area contributed by atoms with Gasteiger partial charge in [-0.15, -0.1) is 0 Å². The first-order valence-electron chi connectivity index (χ1n) is 11.3. The maximum atomic E-state index is 13.5. The van der Waals surface area contributed by atoms with Gasteiger partial charge in [0.1, 0.15) is 11.6 Å². The first-order valence-corrected chi connectivity index (χ1v) is 11.3. The maximum Gasteiger partial charge on any atom is 0.257 e. The van der Waals surface area contributed by atoms with Gasteiger partial charge in [0, 0.05) is 32.4 Å². The lowest BCUT2D eigenvalue weighted by Gasteiger charge is -2.37. The molecule has 2 fully saturated rings. The van der Waals surface area contributed by atoms with Crippen molar-refractivity contribution in [2.45, 2.75) is 31.1 Å². The van der Waals surface area contributed by atoms with Crippen LogP contribution in [0.1, 0.15) is 36.4 Å². The van der Waals surface area contributed by atoms with Crippen molar-refractivity contribution in [3.63, 3.8) is 0 Å². The van der Waals surface area contributed by atoms with E-state index in [1.54, 1.807) is 24.3 Å². The number of halogens is 1. The second kappa shape index (κ2) is 9.21. The number of carbonyl (C=O) groups excluding carboxylic acids is 1. The number of piperidine rings is 1. The molecule has 3 aliphatic heterocycles. The standard InChI is InChI=1S/C25H28FN3O4/c1-31-21-8-4-18(5-9-21)22-16-23(19-2-6-20(26)7-3-19)29(27-22)24(30)17-28-12-10-25(11-13-28)32-14-15-33-25/h2-9,23H,10-17H2,1H3/t23-/m1/s1. The minimum Gasteiger partial charge on any atom is -0.497 e. The molecule has 0 saturated carbocycles. The Morgan fingerprint density at radius 1 is 1.09 bits per heavy atom. The van der Waals surface area contributed by atoms with Gasteiger partial charge in [-0.25, -0.2) is 9.40 Å². The Morgan fingerprint density at radius 3 is 2.39 bits per heavy atom. The summed E-state index contributed by atoms with van der Waals surface area (Å²) in [5.74, 6) is -0.0798. The molecule has 1 spiro atoms. The SMILES string of the molecule is COc1ccc(C2=NN(C(=O)CN3CCC4(CC3)OCCO4)[C@@H](c3ccc(F)cc3)C2)cc1. The molecule has 0 bridgehead atoms. The van der Waals surface area contributed by atoms with Crippen molar-refractivity contribution >= 4 is 11.6 Å². The van der Waals surface area contributed by atoms with E-state index in [2.05, 4.69) is 4.90 Å². The highest BCUT2D eigenvalue weighted by Gasteiger charge is 2.41. The van der Waals surface area contributed by atoms with Crippen LogP contribution < -0.4 is 4.74 Å². The summed E-state index contributed by atoms with van der Waals surface area (Å²) in [5.41, 5.74) is 2.63. The molecule has 3 heterocycles. The number of amides is 1. The lowest BCUT2D eigenvalue weighted by atomic mass is 9.98. The van der Waals surface area contributed by atoms with Crippen LogP contribution in [0.5, 0.6) is 5.75 Å². The highest BCUT2D eigenvalue weighted by Crippen LogP contribution is 2.34. The molecule has 1 amide bonds. The second-order valence-corrected chi connectivity index (χ2v) is 8.67. The molecule has 0 aliphatic carbocycles. The quantitative estimate of drug-likeness (QED) is 0.695. The maximum absolute atomic E-state index is 13.5. The van der Waals surface area contributed by atoms with Gasteiger partial charge in [0.25, 0.3) is 5.91 Å². The Morgan fingerprint density at radius 2 is 1.76 bits per heavy atom. The number of benzene rings is 2. The number of nitrogens with zero attached hydrogens (tertiary/aromatic N) is 3. The van der Waals surface area contributed by atoms with Crippen LogP contribution >= 0.6 is 0 Å². The van der Waals surface area contributed by atoms with E-state index >= 15 is 0 Å². The molecule has 2 aromatic rings. The van der Waals surface area contributed by atoms with Crippen molar-refractivity contribution in [2.75, 3.05) is 40.0 Å². The van der Waals surface area contributed by atoms with Gasteiger partial charge in [-0.3, -0.25) is 9.69 Å². The Kier molecular flexibility index (Phi) is 6.14. The van der Waals surface area contributed by atoms with Crippen LogP contribution in [0.15, 0.2) is 53.6 Å². The molecule has 8 heteroatoms. The number of hydrazone groups is 1. The van der Waals surface area contributed by atoms with E-state index in [9.17, 15) is 9.18 Å². The number of rotatable bonds is 5. The number of likely N-dealkylation sites (tertiary alicyclic amines) is 1. The minimum atomic E-state index is -0.469. The molecule has 0 unspecified atom stereocenters. The fraction of sp³-hybridized carbons (Fsp3) is 0.440. The summed E-state index contributed by atoms with van der Waals surface area (Å²) in [6.45, 7) is 3.00. The molecule has 0 N–H and O–H groups in total. The number of hydrogen-bond acceptors (Lipinski definition) is 6. The molecule has 5 rings (SSSR count). The molecular formula is C25H28FN3O4. The summed E-state index contributed by atoms with van der Waals surface area (Å²) < 4.78 is 30.4. The van der Waals surface area contributed by atoms with Gasteiger partial charge < -0.3 is 14.2 Å². The molecule has 0 aromatic heterocycles. The molecule has 2 saturated heterocycles. The van der Waals surface area contributed by atoms with E-state index in [-0.39, 0.29) is 24.3 Å². The van der Waals surface area contributed by atoms with Gasteiger partial charge in [0.05, 0.1) is 38.6 Å². The van der Waals surface area contributed by atoms with Gasteiger partial charge in [0.2, 0.25) is 0 Å². The van der Waals surface area contributed by atoms with E-state index in [1.807, 2.05) is 24.3 Å². The fourth-order valence-corrected chi connectivity index (χ4v) is 4.74. The van der Waals surface area contributed by atoms with Crippen molar-refractivity contribution in [1.29, 1.82) is 0 Å². The summed E-state index contributed by atoms with van der Waals surface area (Å²) >= 11 is 0. The summed E-state index contributed by atoms with van der Waals surface area (Å²) in [6, 6.07) is 13.7. The zero-order chi connectivity index (χ0) is 22.8. The van der Waals surface area contributed by atoms with Crippen LogP contribution in [0.3, 0.4) is 0 Å². The van der Waals surface area contributed by atoms with E-state index < -0.39 is 5.79 Å². The predicted octanol–water partition coefficient (Wildman–Crippen LogP) is 3.35. The highest BCUT2D eigenvalue weighted by molar-refractivity contribution is 6.03. The lowest BCUT2D eigenvalue weighted by molar-refractivity contribution is -0.186. The van der Waals surface area contributed by atoms with Crippen LogP contribution in [0.2, 0.25) is 0 Å². The predicted molar refractivity (Wildman–Crippen MR) is 120 cm³/mol. The highest BCUT2D eigenvalue weighted by atomic mass is 19.1. The normalized spacial score (nSPS) is 22.5. The van der Waals surface area contributed by atoms with E-state index in [0.717, 1.165) is 48.5 Å². The molecule has 174 valence electrons. The van der Waals surface area contributed by atoms with Crippen molar-refractivity contribution < 1.29 is 23.4 Å². The van der Waals surface area contributed by atoms with Gasteiger partial charge in [-0.1, -0.05) is 12.1 Å². The molecule has 0 radical (unpaired) electrons. The van der Waals surface area contributed by atoms with Gasteiger partial charge >= 0.3 is 0 Å². The third-order valence-corrected chi connectivity index (χ3v) is 6.63. The Bertz CT molecular complexity index is 1010. The first-order chi connectivity index (χ1) is 16.0. The summed E-state index contributed by atoms with van der Waals surface area (Å²) in [7, 11) is 1.63. The van der Waals surface area contributed by atoms with Gasteiger partial charge in [-0.2, -0.15) is 5.10 Å². The molecule has 7 nitrogen and oxygen atoms in total. The van der Waals surface area contributed by atoms with Crippen LogP contribution in [0, 0.1) is 5.82 Å². The van der Waals surface area contributed by atoms with Crippen LogP contribution in [-0.4, -0.2) is 67.3 Å². The third-order valence-electron chi connectivity index (χ3n) is 6.63. The topological polar surface area (TPSA) is 63.6 Å². The summed E-state index contributed by atoms with van der Waals surface area (Å²) in [4.78, 5) is 15.5.